The Kier molecular flexibility index (Phi) is 6.02. The van der Waals surface area contributed by atoms with Crippen LogP contribution < -0.4 is 0 Å². The minimum atomic E-state index is -0.571. The second-order valence-corrected chi connectivity index (χ2v) is 14.5. The van der Waals surface area contributed by atoms with Gasteiger partial charge in [0.15, 0.2) is 0 Å². The lowest BCUT2D eigenvalue weighted by atomic mass is 9.70. The van der Waals surface area contributed by atoms with Crippen LogP contribution in [0.15, 0.2) is 180 Å². The molecule has 55 heavy (non-hydrogen) atoms. The number of nitrogens with zero attached hydrogens (tertiary/aromatic N) is 3. The molecular weight excluding hydrogens is 671 g/mol. The minimum absolute atomic E-state index is 0.571. The van der Waals surface area contributed by atoms with E-state index in [1.807, 2.05) is 24.3 Å². The van der Waals surface area contributed by atoms with Gasteiger partial charge in [0, 0.05) is 22.0 Å². The number of aromatic nitrogens is 2. The van der Waals surface area contributed by atoms with Gasteiger partial charge in [0.25, 0.3) is 0 Å². The van der Waals surface area contributed by atoms with Crippen molar-refractivity contribution in [2.24, 2.45) is 0 Å². The van der Waals surface area contributed by atoms with Crippen LogP contribution >= 0.6 is 0 Å². The van der Waals surface area contributed by atoms with Crippen LogP contribution in [0.4, 0.5) is 0 Å². The standard InChI is InChI=1S/C51H29N3O/c52-30-31-21-23-32(24-22-31)35-15-10-20-45-48(35)49-46(55-45)28-27-41-47(49)38-14-5-7-17-40(38)51(41)39-16-6-4-13-36(39)37-26-25-33(29-42(37)51)50-53-43-18-8-9-19-44(43)54(50)34-11-2-1-3-12-34/h1-29H. The molecule has 4 nitrogen and oxygen atoms in total. The van der Waals surface area contributed by atoms with E-state index in [0.29, 0.717) is 5.56 Å². The number of furan rings is 1. The summed E-state index contributed by atoms with van der Waals surface area (Å²) in [6, 6.07) is 64.6. The molecule has 1 unspecified atom stereocenters. The summed E-state index contributed by atoms with van der Waals surface area (Å²) in [5.74, 6) is 0.913. The summed E-state index contributed by atoms with van der Waals surface area (Å²) in [5, 5.41) is 11.7. The summed E-state index contributed by atoms with van der Waals surface area (Å²) in [4.78, 5) is 5.29. The van der Waals surface area contributed by atoms with Gasteiger partial charge < -0.3 is 4.42 Å². The number of para-hydroxylation sites is 3. The van der Waals surface area contributed by atoms with Gasteiger partial charge in [-0.1, -0.05) is 121 Å². The highest BCUT2D eigenvalue weighted by Crippen LogP contribution is 2.64. The molecule has 10 aromatic rings. The molecule has 0 N–H and O–H groups in total. The third-order valence-electron chi connectivity index (χ3n) is 11.9. The third-order valence-corrected chi connectivity index (χ3v) is 11.9. The molecule has 254 valence electrons. The highest BCUT2D eigenvalue weighted by atomic mass is 16.3. The molecule has 0 fully saturated rings. The van der Waals surface area contributed by atoms with Crippen LogP contribution in [0, 0.1) is 11.3 Å². The normalized spacial score (nSPS) is 15.0. The molecule has 1 atom stereocenters. The zero-order chi connectivity index (χ0) is 36.3. The van der Waals surface area contributed by atoms with E-state index >= 15 is 0 Å². The maximum Gasteiger partial charge on any atom is 0.145 e. The molecule has 0 amide bonds. The highest BCUT2D eigenvalue weighted by Gasteiger charge is 2.52. The maximum absolute atomic E-state index is 9.53. The van der Waals surface area contributed by atoms with Gasteiger partial charge in [0.1, 0.15) is 17.0 Å². The zero-order valence-electron chi connectivity index (χ0n) is 29.5. The fourth-order valence-corrected chi connectivity index (χ4v) is 9.70. The van der Waals surface area contributed by atoms with Crippen LogP contribution in [-0.2, 0) is 5.41 Å². The van der Waals surface area contributed by atoms with Gasteiger partial charge in [-0.2, -0.15) is 5.26 Å². The molecule has 0 radical (unpaired) electrons. The van der Waals surface area contributed by atoms with Crippen LogP contribution in [0.3, 0.4) is 0 Å². The Morgan fingerprint density at radius 2 is 1.18 bits per heavy atom. The van der Waals surface area contributed by atoms with Gasteiger partial charge in [0.2, 0.25) is 0 Å². The quantitative estimate of drug-likeness (QED) is 0.184. The summed E-state index contributed by atoms with van der Waals surface area (Å²) < 4.78 is 8.97. The van der Waals surface area contributed by atoms with Gasteiger partial charge in [-0.05, 0) is 110 Å². The molecule has 1 spiro atoms. The molecule has 0 bridgehead atoms. The first-order valence-electron chi connectivity index (χ1n) is 18.6. The van der Waals surface area contributed by atoms with E-state index in [-0.39, 0.29) is 0 Å². The SMILES string of the molecule is N#Cc1ccc(-c2cccc3oc4ccc5c(c4c23)-c2ccccc2C52c3ccccc3-c3ccc(-c4nc5ccccc5n4-c4ccccc4)cc32)cc1. The van der Waals surface area contributed by atoms with Crippen LogP contribution in [0.5, 0.6) is 0 Å². The fraction of sp³-hybridized carbons (Fsp3) is 0.0196. The Bertz CT molecular complexity index is 3270. The average Bonchev–Trinajstić information content (AvgIpc) is 3.99. The van der Waals surface area contributed by atoms with Crippen LogP contribution in [0.2, 0.25) is 0 Å². The van der Waals surface area contributed by atoms with Crippen molar-refractivity contribution in [1.82, 2.24) is 9.55 Å². The van der Waals surface area contributed by atoms with Gasteiger partial charge in [-0.3, -0.25) is 4.57 Å². The van der Waals surface area contributed by atoms with E-state index in [4.69, 9.17) is 9.40 Å². The molecule has 0 saturated carbocycles. The lowest BCUT2D eigenvalue weighted by Gasteiger charge is -2.30. The van der Waals surface area contributed by atoms with E-state index in [9.17, 15) is 5.26 Å². The van der Waals surface area contributed by atoms with E-state index in [2.05, 4.69) is 162 Å². The predicted octanol–water partition coefficient (Wildman–Crippen LogP) is 12.5. The lowest BCUT2D eigenvalue weighted by molar-refractivity contribution is 0.668. The molecule has 12 rings (SSSR count). The predicted molar refractivity (Wildman–Crippen MR) is 220 cm³/mol. The minimum Gasteiger partial charge on any atom is -0.456 e. The van der Waals surface area contributed by atoms with Crippen LogP contribution in [-0.4, -0.2) is 9.55 Å². The molecule has 0 aliphatic heterocycles. The van der Waals surface area contributed by atoms with Crippen molar-refractivity contribution in [2.75, 3.05) is 0 Å². The molecule has 2 heterocycles. The molecular formula is C51H29N3O. The maximum atomic E-state index is 9.53. The van der Waals surface area contributed by atoms with Gasteiger partial charge in [-0.25, -0.2) is 4.98 Å². The van der Waals surface area contributed by atoms with Crippen molar-refractivity contribution in [3.8, 4) is 56.5 Å². The smallest absolute Gasteiger partial charge is 0.145 e. The molecule has 2 aliphatic rings. The molecule has 2 aromatic heterocycles. The monoisotopic (exact) mass is 699 g/mol. The number of benzene rings is 8. The Labute approximate surface area is 316 Å². The van der Waals surface area contributed by atoms with Crippen molar-refractivity contribution in [2.45, 2.75) is 5.41 Å². The number of nitriles is 1. The first kappa shape index (κ1) is 30.0. The van der Waals surface area contributed by atoms with Crippen molar-refractivity contribution in [1.29, 1.82) is 5.26 Å². The first-order chi connectivity index (χ1) is 27.2. The Morgan fingerprint density at radius 1 is 0.509 bits per heavy atom. The van der Waals surface area contributed by atoms with Crippen molar-refractivity contribution < 1.29 is 4.42 Å². The number of rotatable bonds is 3. The largest absolute Gasteiger partial charge is 0.456 e. The molecule has 4 heteroatoms. The van der Waals surface area contributed by atoms with Crippen LogP contribution in [0.1, 0.15) is 27.8 Å². The van der Waals surface area contributed by atoms with Gasteiger partial charge >= 0.3 is 0 Å². The van der Waals surface area contributed by atoms with E-state index < -0.39 is 5.41 Å². The molecule has 2 aliphatic carbocycles. The average molecular weight is 700 g/mol. The van der Waals surface area contributed by atoms with Crippen molar-refractivity contribution in [3.63, 3.8) is 0 Å². The topological polar surface area (TPSA) is 54.8 Å². The van der Waals surface area contributed by atoms with Gasteiger partial charge in [-0.15, -0.1) is 0 Å². The number of hydrogen-bond acceptors (Lipinski definition) is 3. The lowest BCUT2D eigenvalue weighted by Crippen LogP contribution is -2.25. The Balaban J connectivity index is 1.18. The van der Waals surface area contributed by atoms with Crippen LogP contribution in [0.25, 0.3) is 83.4 Å². The van der Waals surface area contributed by atoms with E-state index in [1.54, 1.807) is 0 Å². The van der Waals surface area contributed by atoms with E-state index in [0.717, 1.165) is 61.2 Å². The zero-order valence-corrected chi connectivity index (χ0v) is 29.5. The first-order valence-corrected chi connectivity index (χ1v) is 18.6. The molecule has 8 aromatic carbocycles. The summed E-state index contributed by atoms with van der Waals surface area (Å²) in [5.41, 5.74) is 18.0. The summed E-state index contributed by atoms with van der Waals surface area (Å²) in [6.07, 6.45) is 0. The second kappa shape index (κ2) is 11.0. The highest BCUT2D eigenvalue weighted by molar-refractivity contribution is 6.20. The Morgan fingerprint density at radius 3 is 2.02 bits per heavy atom. The summed E-state index contributed by atoms with van der Waals surface area (Å²) in [6.45, 7) is 0. The number of hydrogen-bond donors (Lipinski definition) is 0. The molecule has 0 saturated heterocycles. The fourth-order valence-electron chi connectivity index (χ4n) is 9.70. The Hall–Kier alpha value is -7.48. The van der Waals surface area contributed by atoms with Gasteiger partial charge in [0.05, 0.1) is 28.1 Å². The number of fused-ring (bicyclic) bond motifs is 15. The van der Waals surface area contributed by atoms with Crippen molar-refractivity contribution >= 4 is 33.0 Å². The summed E-state index contributed by atoms with van der Waals surface area (Å²) >= 11 is 0. The van der Waals surface area contributed by atoms with Crippen molar-refractivity contribution in [3.05, 3.63) is 204 Å². The third kappa shape index (κ3) is 3.91. The summed E-state index contributed by atoms with van der Waals surface area (Å²) in [7, 11) is 0. The number of imidazole rings is 1. The second-order valence-electron chi connectivity index (χ2n) is 14.5. The van der Waals surface area contributed by atoms with E-state index in [1.165, 1.54) is 44.5 Å².